The maximum absolute atomic E-state index is 5.88. The standard InChI is InChI=1S/C15H15N5/c16-15(19-13-6-2-1-3-7-13)17-10-12-11-18-20-9-5-4-8-14(12)20/h1-9,11H,10H2,(H3,16,17,19). The number of benzene rings is 1. The smallest absolute Gasteiger partial charge is 0.193 e. The molecule has 0 atom stereocenters. The Morgan fingerprint density at radius 1 is 1.15 bits per heavy atom. The molecule has 1 aromatic carbocycles. The van der Waals surface area contributed by atoms with E-state index in [1.54, 1.807) is 0 Å². The van der Waals surface area contributed by atoms with Crippen LogP contribution in [0.15, 0.2) is 65.9 Å². The highest BCUT2D eigenvalue weighted by Crippen LogP contribution is 2.11. The second-order valence-electron chi connectivity index (χ2n) is 4.39. The first-order chi connectivity index (χ1) is 9.83. The molecule has 0 aliphatic carbocycles. The summed E-state index contributed by atoms with van der Waals surface area (Å²) in [5.74, 6) is 0.395. The lowest BCUT2D eigenvalue weighted by molar-refractivity contribution is 0.961. The van der Waals surface area contributed by atoms with Gasteiger partial charge in [-0.1, -0.05) is 24.3 Å². The van der Waals surface area contributed by atoms with E-state index < -0.39 is 0 Å². The molecule has 3 rings (SSSR count). The molecule has 3 N–H and O–H groups in total. The third kappa shape index (κ3) is 2.61. The number of nitrogens with two attached hydrogens (primary N) is 1. The molecule has 100 valence electrons. The summed E-state index contributed by atoms with van der Waals surface area (Å²) in [5, 5.41) is 7.32. The Balaban J connectivity index is 1.73. The van der Waals surface area contributed by atoms with E-state index in [-0.39, 0.29) is 0 Å². The normalized spacial score (nSPS) is 11.7. The van der Waals surface area contributed by atoms with Crippen LogP contribution >= 0.6 is 0 Å². The van der Waals surface area contributed by atoms with Crippen molar-refractivity contribution < 1.29 is 0 Å². The van der Waals surface area contributed by atoms with Crippen molar-refractivity contribution in [1.29, 1.82) is 0 Å². The lowest BCUT2D eigenvalue weighted by Gasteiger charge is -2.04. The molecule has 20 heavy (non-hydrogen) atoms. The predicted molar refractivity (Wildman–Crippen MR) is 80.6 cm³/mol. The fourth-order valence-electron chi connectivity index (χ4n) is 1.99. The molecule has 0 amide bonds. The minimum Gasteiger partial charge on any atom is -0.370 e. The quantitative estimate of drug-likeness (QED) is 0.564. The Morgan fingerprint density at radius 3 is 2.80 bits per heavy atom. The van der Waals surface area contributed by atoms with Crippen LogP contribution < -0.4 is 11.1 Å². The number of hydrogen-bond acceptors (Lipinski definition) is 2. The fraction of sp³-hybridized carbons (Fsp3) is 0.0667. The van der Waals surface area contributed by atoms with Crippen LogP contribution in [-0.2, 0) is 6.54 Å². The van der Waals surface area contributed by atoms with Crippen LogP contribution in [0.2, 0.25) is 0 Å². The lowest BCUT2D eigenvalue weighted by Crippen LogP contribution is -2.22. The zero-order valence-electron chi connectivity index (χ0n) is 10.9. The van der Waals surface area contributed by atoms with Crippen molar-refractivity contribution in [1.82, 2.24) is 9.61 Å². The number of anilines is 1. The molecular formula is C15H15N5. The molecule has 2 aromatic heterocycles. The maximum Gasteiger partial charge on any atom is 0.193 e. The molecule has 0 saturated heterocycles. The van der Waals surface area contributed by atoms with Crippen molar-refractivity contribution >= 4 is 17.2 Å². The van der Waals surface area contributed by atoms with Gasteiger partial charge in [-0.2, -0.15) is 5.10 Å². The van der Waals surface area contributed by atoms with Gasteiger partial charge in [0.15, 0.2) is 5.96 Å². The average molecular weight is 265 g/mol. The van der Waals surface area contributed by atoms with Crippen molar-refractivity contribution in [3.8, 4) is 0 Å². The van der Waals surface area contributed by atoms with Gasteiger partial charge in [0, 0.05) is 17.4 Å². The van der Waals surface area contributed by atoms with Crippen molar-refractivity contribution in [3.63, 3.8) is 0 Å². The van der Waals surface area contributed by atoms with Gasteiger partial charge in [0.1, 0.15) is 0 Å². The largest absolute Gasteiger partial charge is 0.370 e. The summed E-state index contributed by atoms with van der Waals surface area (Å²) in [6.45, 7) is 0.499. The fourth-order valence-corrected chi connectivity index (χ4v) is 1.99. The Labute approximate surface area is 116 Å². The SMILES string of the molecule is NC(=NCc1cnn2ccccc12)Nc1ccccc1. The second kappa shape index (κ2) is 5.44. The summed E-state index contributed by atoms with van der Waals surface area (Å²) in [7, 11) is 0. The van der Waals surface area contributed by atoms with E-state index in [9.17, 15) is 0 Å². The van der Waals surface area contributed by atoms with E-state index in [1.165, 1.54) is 0 Å². The maximum atomic E-state index is 5.88. The molecule has 5 nitrogen and oxygen atoms in total. The molecule has 3 aromatic rings. The van der Waals surface area contributed by atoms with Crippen molar-refractivity contribution in [2.45, 2.75) is 6.54 Å². The zero-order valence-corrected chi connectivity index (χ0v) is 10.9. The number of rotatable bonds is 3. The van der Waals surface area contributed by atoms with Crippen LogP contribution in [0.4, 0.5) is 5.69 Å². The van der Waals surface area contributed by atoms with E-state index in [0.29, 0.717) is 12.5 Å². The predicted octanol–water partition coefficient (Wildman–Crippen LogP) is 2.26. The molecule has 0 aliphatic rings. The van der Waals surface area contributed by atoms with Gasteiger partial charge in [0.05, 0.1) is 18.3 Å². The lowest BCUT2D eigenvalue weighted by atomic mass is 10.2. The molecule has 0 bridgehead atoms. The van der Waals surface area contributed by atoms with Crippen molar-refractivity contribution in [2.24, 2.45) is 10.7 Å². The number of pyridine rings is 1. The van der Waals surface area contributed by atoms with Gasteiger partial charge < -0.3 is 11.1 Å². The van der Waals surface area contributed by atoms with Crippen LogP contribution in [0, 0.1) is 0 Å². The molecule has 0 saturated carbocycles. The Kier molecular flexibility index (Phi) is 3.33. The highest BCUT2D eigenvalue weighted by atomic mass is 15.2. The number of nitrogens with zero attached hydrogens (tertiary/aromatic N) is 3. The van der Waals surface area contributed by atoms with Crippen molar-refractivity contribution in [3.05, 3.63) is 66.5 Å². The second-order valence-corrected chi connectivity index (χ2v) is 4.39. The zero-order chi connectivity index (χ0) is 13.8. The van der Waals surface area contributed by atoms with Gasteiger partial charge in [-0.3, -0.25) is 0 Å². The summed E-state index contributed by atoms with van der Waals surface area (Å²) in [4.78, 5) is 4.34. The highest BCUT2D eigenvalue weighted by Gasteiger charge is 2.02. The summed E-state index contributed by atoms with van der Waals surface area (Å²) in [6.07, 6.45) is 3.72. The van der Waals surface area contributed by atoms with Crippen LogP contribution in [0.3, 0.4) is 0 Å². The minimum atomic E-state index is 0.395. The number of fused-ring (bicyclic) bond motifs is 1. The Bertz CT molecular complexity index is 730. The first-order valence-corrected chi connectivity index (χ1v) is 6.36. The number of aliphatic imine (C=N–C) groups is 1. The molecule has 0 radical (unpaired) electrons. The molecule has 0 spiro atoms. The number of para-hydroxylation sites is 1. The van der Waals surface area contributed by atoms with Gasteiger partial charge in [-0.15, -0.1) is 0 Å². The summed E-state index contributed by atoms with van der Waals surface area (Å²) >= 11 is 0. The first kappa shape index (κ1) is 12.2. The Hall–Kier alpha value is -2.82. The topological polar surface area (TPSA) is 67.7 Å². The number of hydrogen-bond donors (Lipinski definition) is 2. The minimum absolute atomic E-state index is 0.395. The van der Waals surface area contributed by atoms with Gasteiger partial charge >= 0.3 is 0 Å². The van der Waals surface area contributed by atoms with E-state index in [1.807, 2.05) is 65.4 Å². The molecule has 2 heterocycles. The van der Waals surface area contributed by atoms with Gasteiger partial charge in [-0.25, -0.2) is 9.51 Å². The summed E-state index contributed by atoms with van der Waals surface area (Å²) < 4.78 is 1.83. The van der Waals surface area contributed by atoms with Crippen LogP contribution in [0.1, 0.15) is 5.56 Å². The summed E-state index contributed by atoms with van der Waals surface area (Å²) in [5.41, 5.74) is 8.89. The molecule has 5 heteroatoms. The third-order valence-corrected chi connectivity index (χ3v) is 2.97. The number of nitrogens with one attached hydrogen (secondary N) is 1. The molecule has 0 fully saturated rings. The van der Waals surface area contributed by atoms with E-state index in [0.717, 1.165) is 16.8 Å². The molecule has 0 unspecified atom stereocenters. The van der Waals surface area contributed by atoms with E-state index in [4.69, 9.17) is 5.73 Å². The first-order valence-electron chi connectivity index (χ1n) is 6.36. The van der Waals surface area contributed by atoms with E-state index >= 15 is 0 Å². The van der Waals surface area contributed by atoms with Gasteiger partial charge in [-0.05, 0) is 24.3 Å². The Morgan fingerprint density at radius 2 is 1.95 bits per heavy atom. The monoisotopic (exact) mass is 265 g/mol. The third-order valence-electron chi connectivity index (χ3n) is 2.97. The highest BCUT2D eigenvalue weighted by molar-refractivity contribution is 5.92. The van der Waals surface area contributed by atoms with Crippen LogP contribution in [0.5, 0.6) is 0 Å². The van der Waals surface area contributed by atoms with Crippen LogP contribution in [0.25, 0.3) is 5.52 Å². The summed E-state index contributed by atoms with van der Waals surface area (Å²) in [6, 6.07) is 15.7. The number of aromatic nitrogens is 2. The molecule has 0 aliphatic heterocycles. The van der Waals surface area contributed by atoms with Gasteiger partial charge in [0.2, 0.25) is 0 Å². The van der Waals surface area contributed by atoms with Gasteiger partial charge in [0.25, 0.3) is 0 Å². The van der Waals surface area contributed by atoms with Crippen molar-refractivity contribution in [2.75, 3.05) is 5.32 Å². The van der Waals surface area contributed by atoms with E-state index in [2.05, 4.69) is 15.4 Å². The average Bonchev–Trinajstić information content (AvgIpc) is 2.89. The number of guanidine groups is 1. The van der Waals surface area contributed by atoms with Crippen LogP contribution in [-0.4, -0.2) is 15.6 Å². The molecular weight excluding hydrogens is 250 g/mol.